The van der Waals surface area contributed by atoms with Gasteiger partial charge < -0.3 is 14.4 Å². The maximum Gasteiger partial charge on any atom is 0.310 e. The third-order valence-corrected chi connectivity index (χ3v) is 8.28. The molecule has 5 aliphatic rings. The molecule has 25 heavy (non-hydrogen) atoms. The second-order valence-electron chi connectivity index (χ2n) is 10.1. The van der Waals surface area contributed by atoms with E-state index in [1.807, 2.05) is 0 Å². The van der Waals surface area contributed by atoms with E-state index < -0.39 is 0 Å². The molecular weight excluding hydrogens is 314 g/mol. The van der Waals surface area contributed by atoms with E-state index in [1.165, 1.54) is 32.1 Å². The van der Waals surface area contributed by atoms with E-state index in [2.05, 4.69) is 18.7 Å². The van der Waals surface area contributed by atoms with Gasteiger partial charge >= 0.3 is 5.97 Å². The van der Waals surface area contributed by atoms with Crippen LogP contribution in [0.15, 0.2) is 0 Å². The number of likely N-dealkylation sites (tertiary alicyclic amines) is 1. The van der Waals surface area contributed by atoms with Gasteiger partial charge in [0.05, 0.1) is 18.1 Å². The van der Waals surface area contributed by atoms with Crippen molar-refractivity contribution in [2.24, 2.45) is 29.1 Å². The zero-order chi connectivity index (χ0) is 17.2. The Morgan fingerprint density at radius 3 is 2.88 bits per heavy atom. The maximum absolute atomic E-state index is 12.7. The highest BCUT2D eigenvalue weighted by Crippen LogP contribution is 2.62. The van der Waals surface area contributed by atoms with Crippen LogP contribution in [0.5, 0.6) is 0 Å². The maximum atomic E-state index is 12.7. The molecule has 0 unspecified atom stereocenters. The van der Waals surface area contributed by atoms with Crippen LogP contribution < -0.4 is 0 Å². The molecule has 0 N–H and O–H groups in total. The summed E-state index contributed by atoms with van der Waals surface area (Å²) < 4.78 is 12.0. The smallest absolute Gasteiger partial charge is 0.310 e. The lowest BCUT2D eigenvalue weighted by Crippen LogP contribution is -2.51. The summed E-state index contributed by atoms with van der Waals surface area (Å²) in [7, 11) is 0. The average molecular weight is 347 g/mol. The normalized spacial score (nSPS) is 52.6. The summed E-state index contributed by atoms with van der Waals surface area (Å²) in [5.41, 5.74) is 0.471. The van der Waals surface area contributed by atoms with E-state index in [9.17, 15) is 4.79 Å². The Morgan fingerprint density at radius 1 is 1.28 bits per heavy atom. The topological polar surface area (TPSA) is 42.1 Å². The first-order chi connectivity index (χ1) is 12.0. The molecule has 5 fully saturated rings. The van der Waals surface area contributed by atoms with Gasteiger partial charge in [0.1, 0.15) is 6.10 Å². The van der Waals surface area contributed by atoms with E-state index in [1.54, 1.807) is 0 Å². The van der Waals surface area contributed by atoms with Gasteiger partial charge in [-0.2, -0.15) is 0 Å². The minimum absolute atomic E-state index is 0.0845. The van der Waals surface area contributed by atoms with Crippen molar-refractivity contribution in [3.05, 3.63) is 0 Å². The van der Waals surface area contributed by atoms with Crippen LogP contribution in [0.4, 0.5) is 0 Å². The summed E-state index contributed by atoms with van der Waals surface area (Å²) >= 11 is 0. The van der Waals surface area contributed by atoms with Gasteiger partial charge in [-0.25, -0.2) is 0 Å². The van der Waals surface area contributed by atoms with Gasteiger partial charge in [0.15, 0.2) is 0 Å². The first-order valence-electron chi connectivity index (χ1n) is 10.6. The van der Waals surface area contributed by atoms with Gasteiger partial charge in [-0.1, -0.05) is 13.8 Å². The molecule has 4 heteroatoms. The molecule has 3 heterocycles. The summed E-state index contributed by atoms with van der Waals surface area (Å²) in [6.45, 7) is 8.94. The van der Waals surface area contributed by atoms with Crippen LogP contribution in [0.25, 0.3) is 0 Å². The summed E-state index contributed by atoms with van der Waals surface area (Å²) in [6, 6.07) is 0. The highest BCUT2D eigenvalue weighted by atomic mass is 16.6. The van der Waals surface area contributed by atoms with E-state index in [0.717, 1.165) is 45.0 Å². The molecule has 0 aromatic rings. The van der Waals surface area contributed by atoms with Crippen molar-refractivity contribution < 1.29 is 14.3 Å². The average Bonchev–Trinajstić information content (AvgIpc) is 3.26. The van der Waals surface area contributed by atoms with Gasteiger partial charge in [-0.05, 0) is 68.7 Å². The molecule has 5 rings (SSSR count). The van der Waals surface area contributed by atoms with Crippen LogP contribution in [0.2, 0.25) is 0 Å². The summed E-state index contributed by atoms with van der Waals surface area (Å²) in [4.78, 5) is 15.2. The Bertz CT molecular complexity index is 559. The third kappa shape index (κ3) is 2.66. The van der Waals surface area contributed by atoms with Crippen molar-refractivity contribution in [3.63, 3.8) is 0 Å². The minimum Gasteiger partial charge on any atom is -0.462 e. The molecule has 2 saturated carbocycles. The second kappa shape index (κ2) is 5.69. The number of hydrogen-bond acceptors (Lipinski definition) is 4. The minimum atomic E-state index is 0.0845. The Hall–Kier alpha value is -0.610. The Balaban J connectivity index is 1.34. The number of esters is 1. The van der Waals surface area contributed by atoms with Gasteiger partial charge in [-0.3, -0.25) is 4.79 Å². The monoisotopic (exact) mass is 347 g/mol. The van der Waals surface area contributed by atoms with Crippen LogP contribution >= 0.6 is 0 Å². The standard InChI is InChI=1S/C21H33NO3/c1-14-5-3-8-22(11-14)12-16-15-9-18-20(2,10-17(15)25-19(16)23)6-4-7-21(18)13-24-21/h14-18H,3-13H2,1-2H3/t14-,15-,16-,17-,18-,20-,21+/m1/s1. The SMILES string of the molecule is C[C@@H]1CCCN(C[C@H]2C(=O)O[C@@H]3C[C@@]4(C)CCC[C@]5(CO5)[C@@H]4C[C@@H]32)C1. The Morgan fingerprint density at radius 2 is 2.12 bits per heavy atom. The van der Waals surface area contributed by atoms with E-state index in [4.69, 9.17) is 9.47 Å². The molecule has 7 atom stereocenters. The van der Waals surface area contributed by atoms with Gasteiger partial charge in [0, 0.05) is 19.0 Å². The van der Waals surface area contributed by atoms with Crippen molar-refractivity contribution in [2.75, 3.05) is 26.2 Å². The third-order valence-electron chi connectivity index (χ3n) is 8.28. The lowest BCUT2D eigenvalue weighted by atomic mass is 9.53. The predicted molar refractivity (Wildman–Crippen MR) is 95.1 cm³/mol. The number of piperidine rings is 1. The molecule has 2 aliphatic carbocycles. The number of ether oxygens (including phenoxy) is 2. The Kier molecular flexibility index (Phi) is 3.77. The van der Waals surface area contributed by atoms with Crippen molar-refractivity contribution >= 4 is 5.97 Å². The van der Waals surface area contributed by atoms with Crippen molar-refractivity contribution in [1.82, 2.24) is 4.90 Å². The molecule has 0 aromatic heterocycles. The van der Waals surface area contributed by atoms with E-state index in [0.29, 0.717) is 17.3 Å². The number of carbonyl (C=O) groups excluding carboxylic acids is 1. The van der Waals surface area contributed by atoms with E-state index in [-0.39, 0.29) is 23.6 Å². The first-order valence-corrected chi connectivity index (χ1v) is 10.6. The number of carbonyl (C=O) groups is 1. The number of nitrogens with zero attached hydrogens (tertiary/aromatic N) is 1. The van der Waals surface area contributed by atoms with Crippen LogP contribution in [0.1, 0.15) is 58.8 Å². The predicted octanol–water partition coefficient (Wildman–Crippen LogP) is 3.25. The summed E-state index contributed by atoms with van der Waals surface area (Å²) in [5, 5.41) is 0. The largest absolute Gasteiger partial charge is 0.462 e. The molecule has 1 spiro atoms. The van der Waals surface area contributed by atoms with E-state index >= 15 is 0 Å². The van der Waals surface area contributed by atoms with Crippen LogP contribution in [0, 0.1) is 29.1 Å². The number of rotatable bonds is 2. The number of hydrogen-bond donors (Lipinski definition) is 0. The molecule has 4 nitrogen and oxygen atoms in total. The molecule has 0 amide bonds. The van der Waals surface area contributed by atoms with Gasteiger partial charge in [-0.15, -0.1) is 0 Å². The molecule has 0 aromatic carbocycles. The number of fused-ring (bicyclic) bond motifs is 3. The Labute approximate surface area is 151 Å². The van der Waals surface area contributed by atoms with Gasteiger partial charge in [0.25, 0.3) is 0 Å². The van der Waals surface area contributed by atoms with Crippen molar-refractivity contribution in [3.8, 4) is 0 Å². The molecule has 0 radical (unpaired) electrons. The fourth-order valence-corrected chi connectivity index (χ4v) is 6.90. The zero-order valence-electron chi connectivity index (χ0n) is 15.8. The highest BCUT2D eigenvalue weighted by molar-refractivity contribution is 5.75. The molecule has 140 valence electrons. The highest BCUT2D eigenvalue weighted by Gasteiger charge is 2.65. The van der Waals surface area contributed by atoms with Crippen molar-refractivity contribution in [2.45, 2.75) is 70.5 Å². The zero-order valence-corrected chi connectivity index (χ0v) is 15.8. The molecule has 0 bridgehead atoms. The molecule has 3 aliphatic heterocycles. The quantitative estimate of drug-likeness (QED) is 0.568. The summed E-state index contributed by atoms with van der Waals surface area (Å²) in [5.74, 6) is 1.99. The van der Waals surface area contributed by atoms with Crippen LogP contribution in [-0.2, 0) is 14.3 Å². The lowest BCUT2D eigenvalue weighted by Gasteiger charge is -2.51. The van der Waals surface area contributed by atoms with Crippen LogP contribution in [0.3, 0.4) is 0 Å². The summed E-state index contributed by atoms with van der Waals surface area (Å²) in [6.07, 6.45) is 8.74. The fourth-order valence-electron chi connectivity index (χ4n) is 6.90. The first kappa shape index (κ1) is 16.6. The van der Waals surface area contributed by atoms with Crippen LogP contribution in [-0.4, -0.2) is 48.8 Å². The molecular formula is C21H33NO3. The fraction of sp³-hybridized carbons (Fsp3) is 0.952. The lowest BCUT2D eigenvalue weighted by molar-refractivity contribution is -0.147. The molecule has 3 saturated heterocycles. The van der Waals surface area contributed by atoms with Gasteiger partial charge in [0.2, 0.25) is 0 Å². The number of epoxide rings is 1. The second-order valence-corrected chi connectivity index (χ2v) is 10.1. The van der Waals surface area contributed by atoms with Crippen molar-refractivity contribution in [1.29, 1.82) is 0 Å².